The lowest BCUT2D eigenvalue weighted by Crippen LogP contribution is -2.51. The molecule has 0 saturated heterocycles. The van der Waals surface area contributed by atoms with Gasteiger partial charge in [0.2, 0.25) is 5.91 Å². The fourth-order valence-corrected chi connectivity index (χ4v) is 1.71. The summed E-state index contributed by atoms with van der Waals surface area (Å²) >= 11 is 0. The van der Waals surface area contributed by atoms with Crippen LogP contribution in [0.3, 0.4) is 0 Å². The highest BCUT2D eigenvalue weighted by Gasteiger charge is 2.35. The van der Waals surface area contributed by atoms with E-state index >= 15 is 0 Å². The summed E-state index contributed by atoms with van der Waals surface area (Å²) in [5.41, 5.74) is 5.33. The van der Waals surface area contributed by atoms with Crippen LogP contribution in [0.25, 0.3) is 0 Å². The van der Waals surface area contributed by atoms with E-state index < -0.39 is 72.5 Å². The Morgan fingerprint density at radius 3 is 1.36 bits per heavy atom. The standard InChI is InChI=1S/C12H16N2O11/c13-5(1-3(8(16)17)9(18)19)7(15)14-6(12(24)25)2-4(10(20)21)11(22)23/h3-6H,1-2,13H2,(H,14,15)(H,16,17)(H,18,19)(H,20,21)(H,22,23)(H,24,25)/t5-,6+/m0/s1. The van der Waals surface area contributed by atoms with E-state index in [-0.39, 0.29) is 0 Å². The number of aliphatic carboxylic acids is 5. The van der Waals surface area contributed by atoms with Gasteiger partial charge in [-0.25, -0.2) is 4.79 Å². The molecular weight excluding hydrogens is 348 g/mol. The third-order valence-corrected chi connectivity index (χ3v) is 3.10. The molecule has 0 spiro atoms. The summed E-state index contributed by atoms with van der Waals surface area (Å²) in [5.74, 6) is -14.3. The highest BCUT2D eigenvalue weighted by atomic mass is 16.4. The van der Waals surface area contributed by atoms with Gasteiger partial charge in [0.1, 0.15) is 6.04 Å². The second kappa shape index (κ2) is 9.17. The van der Waals surface area contributed by atoms with Gasteiger partial charge < -0.3 is 36.6 Å². The van der Waals surface area contributed by atoms with Gasteiger partial charge in [-0.05, 0) is 6.42 Å². The molecule has 13 heteroatoms. The van der Waals surface area contributed by atoms with Crippen LogP contribution in [0.15, 0.2) is 0 Å². The van der Waals surface area contributed by atoms with Crippen molar-refractivity contribution in [2.45, 2.75) is 24.9 Å². The highest BCUT2D eigenvalue weighted by Crippen LogP contribution is 2.11. The van der Waals surface area contributed by atoms with Crippen molar-refractivity contribution in [1.29, 1.82) is 0 Å². The van der Waals surface area contributed by atoms with Crippen molar-refractivity contribution in [3.63, 3.8) is 0 Å². The molecule has 0 aromatic heterocycles. The molecule has 13 nitrogen and oxygen atoms in total. The van der Waals surface area contributed by atoms with Gasteiger partial charge in [-0.1, -0.05) is 0 Å². The number of carbonyl (C=O) groups is 6. The SMILES string of the molecule is N[C@@H](CC(C(=O)O)C(=O)O)C(=O)N[C@H](CC(C(=O)O)C(=O)O)C(=O)O. The lowest BCUT2D eigenvalue weighted by Gasteiger charge is -2.20. The fraction of sp³-hybridized carbons (Fsp3) is 0.500. The van der Waals surface area contributed by atoms with Gasteiger partial charge in [-0.3, -0.25) is 24.0 Å². The van der Waals surface area contributed by atoms with Gasteiger partial charge in [0.05, 0.1) is 6.04 Å². The summed E-state index contributed by atoms with van der Waals surface area (Å²) in [7, 11) is 0. The molecule has 0 heterocycles. The molecular formula is C12H16N2O11. The van der Waals surface area contributed by atoms with Crippen LogP contribution in [-0.2, 0) is 28.8 Å². The number of carbonyl (C=O) groups excluding carboxylic acids is 1. The number of nitrogens with two attached hydrogens (primary N) is 1. The second-order valence-electron chi connectivity index (χ2n) is 4.94. The first-order valence-corrected chi connectivity index (χ1v) is 6.58. The largest absolute Gasteiger partial charge is 0.481 e. The van der Waals surface area contributed by atoms with Crippen molar-refractivity contribution in [2.24, 2.45) is 17.6 Å². The maximum Gasteiger partial charge on any atom is 0.326 e. The minimum absolute atomic E-state index is 0.857. The highest BCUT2D eigenvalue weighted by molar-refractivity contribution is 5.95. The molecule has 0 unspecified atom stereocenters. The minimum Gasteiger partial charge on any atom is -0.481 e. The summed E-state index contributed by atoms with van der Waals surface area (Å²) in [4.78, 5) is 65.8. The molecule has 0 aliphatic carbocycles. The van der Waals surface area contributed by atoms with E-state index in [1.54, 1.807) is 5.32 Å². The zero-order valence-electron chi connectivity index (χ0n) is 12.5. The van der Waals surface area contributed by atoms with E-state index in [0.29, 0.717) is 0 Å². The number of hydrogen-bond acceptors (Lipinski definition) is 7. The van der Waals surface area contributed by atoms with E-state index in [1.807, 2.05) is 0 Å². The normalized spacial score (nSPS) is 13.1. The van der Waals surface area contributed by atoms with Gasteiger partial charge in [0.15, 0.2) is 11.8 Å². The number of amides is 1. The predicted octanol–water partition coefficient (Wildman–Crippen LogP) is -2.77. The Bertz CT molecular complexity index is 560. The summed E-state index contributed by atoms with van der Waals surface area (Å²) in [6.45, 7) is 0. The van der Waals surface area contributed by atoms with Crippen LogP contribution in [0.2, 0.25) is 0 Å². The number of carboxylic acid groups (broad SMARTS) is 5. The summed E-state index contributed by atoms with van der Waals surface area (Å²) in [5, 5.41) is 45.5. The maximum atomic E-state index is 11.8. The first kappa shape index (κ1) is 21.8. The molecule has 0 aliphatic rings. The molecule has 0 fully saturated rings. The molecule has 25 heavy (non-hydrogen) atoms. The number of hydrogen-bond donors (Lipinski definition) is 7. The van der Waals surface area contributed by atoms with Crippen LogP contribution >= 0.6 is 0 Å². The molecule has 8 N–H and O–H groups in total. The van der Waals surface area contributed by atoms with Crippen molar-refractivity contribution in [1.82, 2.24) is 5.32 Å². The smallest absolute Gasteiger partial charge is 0.326 e. The average molecular weight is 364 g/mol. The summed E-state index contributed by atoms with van der Waals surface area (Å²) in [6, 6.07) is -3.67. The van der Waals surface area contributed by atoms with E-state index in [1.165, 1.54) is 0 Å². The van der Waals surface area contributed by atoms with Crippen LogP contribution in [0.5, 0.6) is 0 Å². The van der Waals surface area contributed by atoms with E-state index in [0.717, 1.165) is 0 Å². The fourth-order valence-electron chi connectivity index (χ4n) is 1.71. The first-order valence-electron chi connectivity index (χ1n) is 6.58. The lowest BCUT2D eigenvalue weighted by molar-refractivity contribution is -0.158. The van der Waals surface area contributed by atoms with E-state index in [2.05, 4.69) is 0 Å². The van der Waals surface area contributed by atoms with Crippen LogP contribution in [0.4, 0.5) is 0 Å². The van der Waals surface area contributed by atoms with Gasteiger partial charge in [-0.15, -0.1) is 0 Å². The Morgan fingerprint density at radius 2 is 1.04 bits per heavy atom. The van der Waals surface area contributed by atoms with Crippen molar-refractivity contribution >= 4 is 35.8 Å². The van der Waals surface area contributed by atoms with Crippen LogP contribution in [-0.4, -0.2) is 73.4 Å². The van der Waals surface area contributed by atoms with E-state index in [9.17, 15) is 28.8 Å². The average Bonchev–Trinajstić information content (AvgIpc) is 2.46. The van der Waals surface area contributed by atoms with Crippen molar-refractivity contribution in [2.75, 3.05) is 0 Å². The Balaban J connectivity index is 5.08. The molecule has 0 aromatic carbocycles. The Hall–Kier alpha value is -3.22. The van der Waals surface area contributed by atoms with E-state index in [4.69, 9.17) is 31.3 Å². The van der Waals surface area contributed by atoms with Crippen molar-refractivity contribution < 1.29 is 54.3 Å². The Labute approximate surface area is 139 Å². The number of carboxylic acids is 5. The number of rotatable bonds is 11. The molecule has 0 aromatic rings. The lowest BCUT2D eigenvalue weighted by atomic mass is 9.97. The topological polar surface area (TPSA) is 242 Å². The monoisotopic (exact) mass is 364 g/mol. The Morgan fingerprint density at radius 1 is 0.680 bits per heavy atom. The van der Waals surface area contributed by atoms with Gasteiger partial charge in [-0.2, -0.15) is 0 Å². The van der Waals surface area contributed by atoms with Gasteiger partial charge in [0, 0.05) is 6.42 Å². The molecule has 0 bridgehead atoms. The third kappa shape index (κ3) is 6.82. The molecule has 0 aliphatic heterocycles. The predicted molar refractivity (Wildman–Crippen MR) is 74.3 cm³/mol. The molecule has 0 saturated carbocycles. The zero-order valence-corrected chi connectivity index (χ0v) is 12.5. The molecule has 140 valence electrons. The maximum absolute atomic E-state index is 11.8. The van der Waals surface area contributed by atoms with Crippen molar-refractivity contribution in [3.8, 4) is 0 Å². The molecule has 1 amide bonds. The van der Waals surface area contributed by atoms with Gasteiger partial charge in [0.25, 0.3) is 0 Å². The van der Waals surface area contributed by atoms with Gasteiger partial charge >= 0.3 is 29.8 Å². The molecule has 0 radical (unpaired) electrons. The Kier molecular flexibility index (Phi) is 7.99. The molecule has 2 atom stereocenters. The van der Waals surface area contributed by atoms with Crippen LogP contribution in [0.1, 0.15) is 12.8 Å². The number of nitrogens with one attached hydrogen (secondary N) is 1. The van der Waals surface area contributed by atoms with Crippen LogP contribution < -0.4 is 11.1 Å². The summed E-state index contributed by atoms with van der Waals surface area (Å²) < 4.78 is 0. The quantitative estimate of drug-likeness (QED) is 0.184. The summed E-state index contributed by atoms with van der Waals surface area (Å²) in [6.07, 6.45) is -1.86. The minimum atomic E-state index is -2.12. The molecule has 0 rings (SSSR count). The zero-order chi connectivity index (χ0) is 19.9. The van der Waals surface area contributed by atoms with Crippen LogP contribution in [0, 0.1) is 11.8 Å². The van der Waals surface area contributed by atoms with Crippen molar-refractivity contribution in [3.05, 3.63) is 0 Å². The first-order chi connectivity index (χ1) is 11.4. The second-order valence-corrected chi connectivity index (χ2v) is 4.94. The third-order valence-electron chi connectivity index (χ3n) is 3.10.